The van der Waals surface area contributed by atoms with Crippen LogP contribution in [-0.4, -0.2) is 16.1 Å². The monoisotopic (exact) mass is 249 g/mol. The van der Waals surface area contributed by atoms with Gasteiger partial charge in [0.05, 0.1) is 18.1 Å². The molecule has 17 heavy (non-hydrogen) atoms. The molecule has 1 aromatic heterocycles. The van der Waals surface area contributed by atoms with Gasteiger partial charge in [0.15, 0.2) is 0 Å². The summed E-state index contributed by atoms with van der Waals surface area (Å²) < 4.78 is 1.95. The Morgan fingerprint density at radius 3 is 2.59 bits per heavy atom. The quantitative estimate of drug-likeness (QED) is 0.903. The minimum absolute atomic E-state index is 0.124. The number of aromatic nitrogens is 2. The number of rotatable bonds is 4. The predicted octanol–water partition coefficient (Wildman–Crippen LogP) is 2.77. The molecule has 0 fully saturated rings. The van der Waals surface area contributed by atoms with Crippen molar-refractivity contribution in [2.75, 3.05) is 6.54 Å². The van der Waals surface area contributed by atoms with Gasteiger partial charge in [-0.2, -0.15) is 0 Å². The number of benzene rings is 1. The fourth-order valence-corrected chi connectivity index (χ4v) is 1.96. The molecule has 2 rings (SSSR count). The smallest absolute Gasteiger partial charge is 0.0947 e. The first-order valence-electron chi connectivity index (χ1n) is 5.67. The molecule has 0 spiro atoms. The molecule has 0 aliphatic heterocycles. The summed E-state index contributed by atoms with van der Waals surface area (Å²) in [4.78, 5) is 4.40. The lowest BCUT2D eigenvalue weighted by molar-refractivity contribution is 0.617. The maximum absolute atomic E-state index is 5.90. The normalized spacial score (nSPS) is 12.6. The van der Waals surface area contributed by atoms with E-state index < -0.39 is 0 Å². The van der Waals surface area contributed by atoms with Crippen molar-refractivity contribution in [3.8, 4) is 0 Å². The molecule has 1 N–H and O–H groups in total. The zero-order chi connectivity index (χ0) is 12.3. The first-order valence-corrected chi connectivity index (χ1v) is 6.05. The standard InChI is InChI=1S/C13H16ClN3/c1-3-15-13(12-8-17(2)9-16-12)10-4-6-11(14)7-5-10/h4-9,13,15H,3H2,1-2H3. The minimum Gasteiger partial charge on any atom is -0.340 e. The largest absolute Gasteiger partial charge is 0.340 e. The second-order valence-electron chi connectivity index (χ2n) is 4.01. The topological polar surface area (TPSA) is 29.9 Å². The molecule has 1 unspecified atom stereocenters. The average molecular weight is 250 g/mol. The third-order valence-corrected chi connectivity index (χ3v) is 2.88. The van der Waals surface area contributed by atoms with E-state index >= 15 is 0 Å². The Labute approximate surface area is 106 Å². The number of nitrogens with zero attached hydrogens (tertiary/aromatic N) is 2. The van der Waals surface area contributed by atoms with Crippen LogP contribution >= 0.6 is 11.6 Å². The van der Waals surface area contributed by atoms with Crippen LogP contribution in [0, 0.1) is 0 Å². The van der Waals surface area contributed by atoms with Gasteiger partial charge in [0.25, 0.3) is 0 Å². The van der Waals surface area contributed by atoms with E-state index in [1.165, 1.54) is 5.56 Å². The van der Waals surface area contributed by atoms with Gasteiger partial charge in [0.2, 0.25) is 0 Å². The van der Waals surface area contributed by atoms with E-state index in [-0.39, 0.29) is 6.04 Å². The third-order valence-electron chi connectivity index (χ3n) is 2.63. The molecule has 0 saturated heterocycles. The van der Waals surface area contributed by atoms with Gasteiger partial charge >= 0.3 is 0 Å². The van der Waals surface area contributed by atoms with E-state index in [4.69, 9.17) is 11.6 Å². The maximum Gasteiger partial charge on any atom is 0.0947 e. The number of aryl methyl sites for hydroxylation is 1. The molecule has 1 aromatic carbocycles. The Bertz CT molecular complexity index is 476. The van der Waals surface area contributed by atoms with E-state index in [0.717, 1.165) is 17.3 Å². The van der Waals surface area contributed by atoms with Crippen molar-refractivity contribution in [3.05, 3.63) is 53.1 Å². The highest BCUT2D eigenvalue weighted by Gasteiger charge is 2.14. The molecule has 90 valence electrons. The van der Waals surface area contributed by atoms with Crippen LogP contribution in [0.1, 0.15) is 24.2 Å². The van der Waals surface area contributed by atoms with Crippen LogP contribution in [0.25, 0.3) is 0 Å². The number of hydrogen-bond acceptors (Lipinski definition) is 2. The van der Waals surface area contributed by atoms with Crippen molar-refractivity contribution in [1.29, 1.82) is 0 Å². The van der Waals surface area contributed by atoms with Gasteiger partial charge in [0, 0.05) is 18.3 Å². The Balaban J connectivity index is 2.31. The summed E-state index contributed by atoms with van der Waals surface area (Å²) in [5.41, 5.74) is 2.20. The molecule has 3 nitrogen and oxygen atoms in total. The number of imidazole rings is 1. The summed E-state index contributed by atoms with van der Waals surface area (Å²) >= 11 is 5.90. The zero-order valence-electron chi connectivity index (χ0n) is 10.0. The Morgan fingerprint density at radius 2 is 2.06 bits per heavy atom. The van der Waals surface area contributed by atoms with Crippen LogP contribution in [0.5, 0.6) is 0 Å². The van der Waals surface area contributed by atoms with Gasteiger partial charge < -0.3 is 9.88 Å². The molecular weight excluding hydrogens is 234 g/mol. The van der Waals surface area contributed by atoms with Crippen molar-refractivity contribution in [3.63, 3.8) is 0 Å². The van der Waals surface area contributed by atoms with Gasteiger partial charge in [-0.15, -0.1) is 0 Å². The van der Waals surface area contributed by atoms with E-state index in [1.807, 2.05) is 48.4 Å². The van der Waals surface area contributed by atoms with E-state index in [2.05, 4.69) is 17.2 Å². The number of nitrogens with one attached hydrogen (secondary N) is 1. The SMILES string of the molecule is CCNC(c1ccc(Cl)cc1)c1cn(C)cn1. The van der Waals surface area contributed by atoms with Gasteiger partial charge in [-0.1, -0.05) is 30.7 Å². The number of halogens is 1. The molecule has 0 aliphatic carbocycles. The fourth-order valence-electron chi connectivity index (χ4n) is 1.83. The average Bonchev–Trinajstić information content (AvgIpc) is 2.74. The lowest BCUT2D eigenvalue weighted by Gasteiger charge is -2.16. The van der Waals surface area contributed by atoms with Gasteiger partial charge in [-0.25, -0.2) is 4.98 Å². The number of hydrogen-bond donors (Lipinski definition) is 1. The second kappa shape index (κ2) is 5.34. The first-order chi connectivity index (χ1) is 8.20. The maximum atomic E-state index is 5.90. The second-order valence-corrected chi connectivity index (χ2v) is 4.44. The minimum atomic E-state index is 0.124. The molecule has 0 bridgehead atoms. The highest BCUT2D eigenvalue weighted by atomic mass is 35.5. The van der Waals surface area contributed by atoms with Crippen LogP contribution in [0.4, 0.5) is 0 Å². The highest BCUT2D eigenvalue weighted by molar-refractivity contribution is 6.30. The lowest BCUT2D eigenvalue weighted by atomic mass is 10.0. The van der Waals surface area contributed by atoms with Crippen molar-refractivity contribution in [2.24, 2.45) is 7.05 Å². The molecule has 4 heteroatoms. The Morgan fingerprint density at radius 1 is 1.35 bits per heavy atom. The fraction of sp³-hybridized carbons (Fsp3) is 0.308. The summed E-state index contributed by atoms with van der Waals surface area (Å²) in [5, 5.41) is 4.18. The molecule has 0 saturated carbocycles. The van der Waals surface area contributed by atoms with Gasteiger partial charge in [-0.3, -0.25) is 0 Å². The molecule has 0 amide bonds. The summed E-state index contributed by atoms with van der Waals surface area (Å²) in [7, 11) is 1.97. The Kier molecular flexibility index (Phi) is 3.82. The summed E-state index contributed by atoms with van der Waals surface area (Å²) in [5.74, 6) is 0. The van der Waals surface area contributed by atoms with E-state index in [1.54, 1.807) is 0 Å². The van der Waals surface area contributed by atoms with Crippen LogP contribution in [0.2, 0.25) is 5.02 Å². The molecule has 0 aliphatic rings. The molecule has 0 radical (unpaired) electrons. The zero-order valence-corrected chi connectivity index (χ0v) is 10.8. The Hall–Kier alpha value is -1.32. The summed E-state index contributed by atoms with van der Waals surface area (Å²) in [6.07, 6.45) is 3.84. The van der Waals surface area contributed by atoms with Crippen molar-refractivity contribution >= 4 is 11.6 Å². The van der Waals surface area contributed by atoms with E-state index in [0.29, 0.717) is 0 Å². The van der Waals surface area contributed by atoms with Crippen molar-refractivity contribution < 1.29 is 0 Å². The van der Waals surface area contributed by atoms with Gasteiger partial charge in [-0.05, 0) is 24.2 Å². The highest BCUT2D eigenvalue weighted by Crippen LogP contribution is 2.21. The molecule has 1 heterocycles. The van der Waals surface area contributed by atoms with Crippen LogP contribution in [0.15, 0.2) is 36.8 Å². The molecule has 1 atom stereocenters. The third kappa shape index (κ3) is 2.87. The van der Waals surface area contributed by atoms with Gasteiger partial charge in [0.1, 0.15) is 0 Å². The van der Waals surface area contributed by atoms with Crippen molar-refractivity contribution in [2.45, 2.75) is 13.0 Å². The van der Waals surface area contributed by atoms with Crippen LogP contribution in [0.3, 0.4) is 0 Å². The summed E-state index contributed by atoms with van der Waals surface area (Å²) in [6.45, 7) is 2.98. The van der Waals surface area contributed by atoms with Crippen LogP contribution in [-0.2, 0) is 7.05 Å². The predicted molar refractivity (Wildman–Crippen MR) is 70.2 cm³/mol. The molecule has 2 aromatic rings. The van der Waals surface area contributed by atoms with E-state index in [9.17, 15) is 0 Å². The van der Waals surface area contributed by atoms with Crippen LogP contribution < -0.4 is 5.32 Å². The summed E-state index contributed by atoms with van der Waals surface area (Å²) in [6, 6.07) is 8.00. The first kappa shape index (κ1) is 12.1. The molecular formula is C13H16ClN3. The lowest BCUT2D eigenvalue weighted by Crippen LogP contribution is -2.22. The van der Waals surface area contributed by atoms with Crippen molar-refractivity contribution in [1.82, 2.24) is 14.9 Å².